The van der Waals surface area contributed by atoms with Crippen LogP contribution in [0.25, 0.3) is 21.3 Å². The summed E-state index contributed by atoms with van der Waals surface area (Å²) in [6, 6.07) is 12.4. The number of nitrogens with zero attached hydrogens (tertiary/aromatic N) is 1. The van der Waals surface area contributed by atoms with Gasteiger partial charge in [-0.05, 0) is 24.6 Å². The van der Waals surface area contributed by atoms with E-state index in [0.29, 0.717) is 0 Å². The van der Waals surface area contributed by atoms with Crippen molar-refractivity contribution in [2.45, 2.75) is 6.54 Å². The number of nitrogens with one attached hydrogen (secondary N) is 1. The van der Waals surface area contributed by atoms with Crippen LogP contribution < -0.4 is 10.1 Å². The fourth-order valence-electron chi connectivity index (χ4n) is 2.32. The Morgan fingerprint density at radius 1 is 1.15 bits per heavy atom. The standard InChI is InChI=1S/C16H16N2OS/c1-17-9-11-10-18-16(20-11)14-7-8-15(19-2)13-6-4-3-5-12(13)14/h3-8,10,17H,9H2,1-2H3. The Kier molecular flexibility index (Phi) is 3.67. The number of thiazole rings is 1. The Hall–Kier alpha value is -1.91. The molecule has 0 aliphatic rings. The van der Waals surface area contributed by atoms with E-state index in [1.165, 1.54) is 10.3 Å². The quantitative estimate of drug-likeness (QED) is 0.793. The zero-order chi connectivity index (χ0) is 13.9. The van der Waals surface area contributed by atoms with Gasteiger partial charge in [-0.3, -0.25) is 0 Å². The molecule has 3 rings (SSSR count). The van der Waals surface area contributed by atoms with Crippen LogP contribution in [-0.2, 0) is 6.54 Å². The molecule has 1 aromatic heterocycles. The number of aromatic nitrogens is 1. The second-order valence-corrected chi connectivity index (χ2v) is 5.64. The molecule has 2 aromatic carbocycles. The van der Waals surface area contributed by atoms with Gasteiger partial charge in [-0.25, -0.2) is 4.98 Å². The third-order valence-corrected chi connectivity index (χ3v) is 4.27. The van der Waals surface area contributed by atoms with Gasteiger partial charge in [0.1, 0.15) is 10.8 Å². The first-order valence-electron chi connectivity index (χ1n) is 6.49. The Balaban J connectivity index is 2.15. The molecule has 3 nitrogen and oxygen atoms in total. The summed E-state index contributed by atoms with van der Waals surface area (Å²) in [5.41, 5.74) is 1.16. The van der Waals surface area contributed by atoms with Crippen molar-refractivity contribution in [1.29, 1.82) is 0 Å². The van der Waals surface area contributed by atoms with Crippen LogP contribution in [0.1, 0.15) is 4.88 Å². The van der Waals surface area contributed by atoms with E-state index in [1.807, 2.05) is 31.4 Å². The smallest absolute Gasteiger partial charge is 0.126 e. The molecule has 0 aliphatic carbocycles. The molecule has 0 atom stereocenters. The largest absolute Gasteiger partial charge is 0.496 e. The van der Waals surface area contributed by atoms with Gasteiger partial charge in [0.15, 0.2) is 0 Å². The van der Waals surface area contributed by atoms with E-state index in [9.17, 15) is 0 Å². The van der Waals surface area contributed by atoms with Crippen LogP contribution in [0, 0.1) is 0 Å². The van der Waals surface area contributed by atoms with E-state index in [1.54, 1.807) is 18.4 Å². The summed E-state index contributed by atoms with van der Waals surface area (Å²) in [6.07, 6.45) is 1.94. The first-order chi connectivity index (χ1) is 9.83. The number of ether oxygens (including phenoxy) is 1. The predicted molar refractivity (Wildman–Crippen MR) is 84.4 cm³/mol. The number of fused-ring (bicyclic) bond motifs is 1. The highest BCUT2D eigenvalue weighted by atomic mass is 32.1. The average Bonchev–Trinajstić information content (AvgIpc) is 2.95. The summed E-state index contributed by atoms with van der Waals surface area (Å²) in [4.78, 5) is 5.79. The third kappa shape index (κ3) is 2.28. The zero-order valence-corrected chi connectivity index (χ0v) is 12.3. The lowest BCUT2D eigenvalue weighted by atomic mass is 10.0. The number of rotatable bonds is 4. The molecule has 0 fully saturated rings. The first kappa shape index (κ1) is 13.1. The molecule has 1 heterocycles. The average molecular weight is 284 g/mol. The summed E-state index contributed by atoms with van der Waals surface area (Å²) in [6.45, 7) is 0.853. The minimum Gasteiger partial charge on any atom is -0.496 e. The molecule has 1 N–H and O–H groups in total. The van der Waals surface area contributed by atoms with Crippen LogP contribution in [0.2, 0.25) is 0 Å². The highest BCUT2D eigenvalue weighted by Gasteiger charge is 2.10. The van der Waals surface area contributed by atoms with E-state index in [-0.39, 0.29) is 0 Å². The lowest BCUT2D eigenvalue weighted by molar-refractivity contribution is 0.420. The van der Waals surface area contributed by atoms with Crippen molar-refractivity contribution < 1.29 is 4.74 Å². The van der Waals surface area contributed by atoms with Crippen molar-refractivity contribution >= 4 is 22.1 Å². The van der Waals surface area contributed by atoms with Gasteiger partial charge >= 0.3 is 0 Å². The maximum absolute atomic E-state index is 5.44. The topological polar surface area (TPSA) is 34.2 Å². The minimum atomic E-state index is 0.853. The van der Waals surface area contributed by atoms with E-state index < -0.39 is 0 Å². The molecule has 0 amide bonds. The van der Waals surface area contributed by atoms with Gasteiger partial charge in [-0.1, -0.05) is 24.3 Å². The van der Waals surface area contributed by atoms with Crippen LogP contribution >= 0.6 is 11.3 Å². The van der Waals surface area contributed by atoms with E-state index in [0.717, 1.165) is 28.3 Å². The fraction of sp³-hybridized carbons (Fsp3) is 0.188. The molecule has 0 unspecified atom stereocenters. The van der Waals surface area contributed by atoms with Crippen LogP contribution in [0.5, 0.6) is 5.75 Å². The lowest BCUT2D eigenvalue weighted by Crippen LogP contribution is -2.02. The Labute approximate surface area is 122 Å². The predicted octanol–water partition coefficient (Wildman–Crippen LogP) is 3.69. The zero-order valence-electron chi connectivity index (χ0n) is 11.5. The molecule has 0 spiro atoms. The summed E-state index contributed by atoms with van der Waals surface area (Å²) in [5, 5.41) is 6.51. The minimum absolute atomic E-state index is 0.853. The fourth-order valence-corrected chi connectivity index (χ4v) is 3.29. The molecule has 3 aromatic rings. The van der Waals surface area contributed by atoms with Gasteiger partial charge in [0.2, 0.25) is 0 Å². The van der Waals surface area contributed by atoms with E-state index >= 15 is 0 Å². The monoisotopic (exact) mass is 284 g/mol. The van der Waals surface area contributed by atoms with Crippen molar-refractivity contribution in [2.75, 3.05) is 14.2 Å². The normalized spacial score (nSPS) is 10.9. The van der Waals surface area contributed by atoms with Gasteiger partial charge in [0.05, 0.1) is 7.11 Å². The molecule has 0 saturated heterocycles. The maximum atomic E-state index is 5.44. The van der Waals surface area contributed by atoms with Crippen LogP contribution in [0.15, 0.2) is 42.6 Å². The van der Waals surface area contributed by atoms with Crippen LogP contribution in [0.3, 0.4) is 0 Å². The van der Waals surface area contributed by atoms with E-state index in [2.05, 4.69) is 28.5 Å². The second-order valence-electron chi connectivity index (χ2n) is 4.52. The number of benzene rings is 2. The SMILES string of the molecule is CNCc1cnc(-c2ccc(OC)c3ccccc23)s1. The molecule has 0 radical (unpaired) electrons. The maximum Gasteiger partial charge on any atom is 0.126 e. The van der Waals surface area contributed by atoms with Crippen molar-refractivity contribution in [1.82, 2.24) is 10.3 Å². The Morgan fingerprint density at radius 3 is 2.70 bits per heavy atom. The van der Waals surface area contributed by atoms with Crippen LogP contribution in [0.4, 0.5) is 0 Å². The second kappa shape index (κ2) is 5.61. The van der Waals surface area contributed by atoms with Gasteiger partial charge in [0, 0.05) is 28.6 Å². The highest BCUT2D eigenvalue weighted by Crippen LogP contribution is 2.35. The molecule has 0 aliphatic heterocycles. The summed E-state index contributed by atoms with van der Waals surface area (Å²) in [5.74, 6) is 0.899. The molecular weight excluding hydrogens is 268 g/mol. The van der Waals surface area contributed by atoms with Gasteiger partial charge < -0.3 is 10.1 Å². The molecule has 0 bridgehead atoms. The summed E-state index contributed by atoms with van der Waals surface area (Å²) in [7, 11) is 3.65. The first-order valence-corrected chi connectivity index (χ1v) is 7.30. The van der Waals surface area contributed by atoms with Crippen molar-refractivity contribution in [3.05, 3.63) is 47.5 Å². The highest BCUT2D eigenvalue weighted by molar-refractivity contribution is 7.15. The van der Waals surface area contributed by atoms with Crippen molar-refractivity contribution in [2.24, 2.45) is 0 Å². The lowest BCUT2D eigenvalue weighted by Gasteiger charge is -2.08. The Morgan fingerprint density at radius 2 is 1.95 bits per heavy atom. The summed E-state index contributed by atoms with van der Waals surface area (Å²) >= 11 is 1.72. The van der Waals surface area contributed by atoms with Gasteiger partial charge in [0.25, 0.3) is 0 Å². The van der Waals surface area contributed by atoms with Gasteiger partial charge in [-0.15, -0.1) is 11.3 Å². The van der Waals surface area contributed by atoms with E-state index in [4.69, 9.17) is 4.74 Å². The summed E-state index contributed by atoms with van der Waals surface area (Å²) < 4.78 is 5.44. The number of hydrogen-bond acceptors (Lipinski definition) is 4. The third-order valence-electron chi connectivity index (χ3n) is 3.24. The molecule has 0 saturated carbocycles. The molecule has 102 valence electrons. The molecular formula is C16H16N2OS. The molecule has 20 heavy (non-hydrogen) atoms. The number of hydrogen-bond donors (Lipinski definition) is 1. The van der Waals surface area contributed by atoms with Crippen molar-refractivity contribution in [3.8, 4) is 16.3 Å². The molecule has 4 heteroatoms. The Bertz CT molecular complexity index is 736. The van der Waals surface area contributed by atoms with Crippen molar-refractivity contribution in [3.63, 3.8) is 0 Å². The van der Waals surface area contributed by atoms with Crippen LogP contribution in [-0.4, -0.2) is 19.1 Å². The van der Waals surface area contributed by atoms with Gasteiger partial charge in [-0.2, -0.15) is 0 Å². The number of methoxy groups -OCH3 is 1.